The maximum Gasteiger partial charge on any atom is 0.244 e. The molecule has 27 heavy (non-hydrogen) atoms. The van der Waals surface area contributed by atoms with Crippen molar-refractivity contribution in [3.8, 4) is 5.75 Å². The van der Waals surface area contributed by atoms with Gasteiger partial charge in [0.2, 0.25) is 5.91 Å². The molecular weight excluding hydrogens is 334 g/mol. The molecule has 3 aromatic carbocycles. The van der Waals surface area contributed by atoms with Crippen LogP contribution in [0.15, 0.2) is 72.8 Å². The van der Waals surface area contributed by atoms with Crippen LogP contribution in [0.2, 0.25) is 0 Å². The average molecular weight is 357 g/mol. The van der Waals surface area contributed by atoms with Crippen molar-refractivity contribution in [1.29, 1.82) is 0 Å². The van der Waals surface area contributed by atoms with Crippen LogP contribution in [0.3, 0.4) is 0 Å². The highest BCUT2D eigenvalue weighted by molar-refractivity contribution is 6.11. The summed E-state index contributed by atoms with van der Waals surface area (Å²) in [7, 11) is 0. The molecule has 136 valence electrons. The molecule has 0 aromatic heterocycles. The van der Waals surface area contributed by atoms with Gasteiger partial charge in [0.15, 0.2) is 0 Å². The van der Waals surface area contributed by atoms with Gasteiger partial charge in [-0.05, 0) is 36.1 Å². The Morgan fingerprint density at radius 3 is 2.44 bits per heavy atom. The van der Waals surface area contributed by atoms with E-state index in [9.17, 15) is 9.90 Å². The van der Waals surface area contributed by atoms with Crippen LogP contribution in [0.4, 0.5) is 5.69 Å². The number of nitrogens with one attached hydrogen (secondary N) is 1. The zero-order chi connectivity index (χ0) is 18.9. The molecule has 1 heterocycles. The molecule has 0 aliphatic carbocycles. The van der Waals surface area contributed by atoms with E-state index in [2.05, 4.69) is 12.2 Å². The number of amides is 1. The predicted octanol–water partition coefficient (Wildman–Crippen LogP) is 5.02. The van der Waals surface area contributed by atoms with E-state index >= 15 is 0 Å². The van der Waals surface area contributed by atoms with E-state index in [4.69, 9.17) is 0 Å². The highest BCUT2D eigenvalue weighted by atomic mass is 16.3. The third kappa shape index (κ3) is 2.71. The predicted molar refractivity (Wildman–Crippen MR) is 108 cm³/mol. The Kier molecular flexibility index (Phi) is 4.44. The molecule has 1 amide bonds. The Bertz CT molecular complexity index is 981. The highest BCUT2D eigenvalue weighted by Crippen LogP contribution is 2.50. The molecule has 3 nitrogen and oxygen atoms in total. The Labute approximate surface area is 159 Å². The van der Waals surface area contributed by atoms with Gasteiger partial charge in [-0.25, -0.2) is 0 Å². The topological polar surface area (TPSA) is 49.3 Å². The van der Waals surface area contributed by atoms with E-state index < -0.39 is 5.41 Å². The number of aromatic hydroxyl groups is 1. The molecule has 1 aliphatic heterocycles. The standard InChI is InChI=1S/C24H23NO2/c1-2-3-9-17-14-15-22(26)20(16-17)24(18-10-5-4-6-11-18)19-12-7-8-13-21(19)25-23(24)27/h4-8,10-16,26H,2-3,9H2,1H3,(H,25,27). The maximum absolute atomic E-state index is 13.4. The number of phenols is 1. The van der Waals surface area contributed by atoms with Crippen molar-refractivity contribution in [1.82, 2.24) is 0 Å². The fourth-order valence-corrected chi connectivity index (χ4v) is 4.08. The summed E-state index contributed by atoms with van der Waals surface area (Å²) in [6.45, 7) is 2.16. The van der Waals surface area contributed by atoms with Gasteiger partial charge in [0.05, 0.1) is 0 Å². The number of aryl methyl sites for hydroxylation is 1. The first-order valence-corrected chi connectivity index (χ1v) is 9.46. The lowest BCUT2D eigenvalue weighted by Crippen LogP contribution is -2.37. The van der Waals surface area contributed by atoms with Gasteiger partial charge >= 0.3 is 0 Å². The Balaban J connectivity index is 2.01. The molecule has 0 saturated heterocycles. The van der Waals surface area contributed by atoms with Crippen molar-refractivity contribution in [2.45, 2.75) is 31.6 Å². The number of carbonyl (C=O) groups is 1. The number of carbonyl (C=O) groups excluding carboxylic acids is 1. The number of benzene rings is 3. The molecule has 0 spiro atoms. The van der Waals surface area contributed by atoms with Crippen LogP contribution < -0.4 is 5.32 Å². The van der Waals surface area contributed by atoms with Gasteiger partial charge in [-0.2, -0.15) is 0 Å². The van der Waals surface area contributed by atoms with Crippen molar-refractivity contribution in [2.75, 3.05) is 5.32 Å². The first kappa shape index (κ1) is 17.3. The summed E-state index contributed by atoms with van der Waals surface area (Å²) in [6, 6.07) is 23.1. The van der Waals surface area contributed by atoms with E-state index in [0.717, 1.165) is 41.6 Å². The highest BCUT2D eigenvalue weighted by Gasteiger charge is 2.50. The number of unbranched alkanes of at least 4 members (excludes halogenated alkanes) is 1. The molecule has 0 bridgehead atoms. The molecule has 0 fully saturated rings. The van der Waals surface area contributed by atoms with Crippen molar-refractivity contribution >= 4 is 11.6 Å². The van der Waals surface area contributed by atoms with Gasteiger partial charge in [0.25, 0.3) is 0 Å². The van der Waals surface area contributed by atoms with Crippen LogP contribution in [0, 0.1) is 0 Å². The minimum atomic E-state index is -1.05. The lowest BCUT2D eigenvalue weighted by molar-refractivity contribution is -0.118. The van der Waals surface area contributed by atoms with Gasteiger partial charge in [-0.3, -0.25) is 4.79 Å². The monoisotopic (exact) mass is 357 g/mol. The molecule has 3 aromatic rings. The lowest BCUT2D eigenvalue weighted by Gasteiger charge is -2.30. The molecule has 4 rings (SSSR count). The molecule has 3 heteroatoms. The second kappa shape index (κ2) is 6.92. The number of hydrogen-bond donors (Lipinski definition) is 2. The second-order valence-corrected chi connectivity index (χ2v) is 7.07. The largest absolute Gasteiger partial charge is 0.508 e. The molecule has 0 radical (unpaired) electrons. The zero-order valence-electron chi connectivity index (χ0n) is 15.4. The molecule has 0 saturated carbocycles. The van der Waals surface area contributed by atoms with Crippen molar-refractivity contribution < 1.29 is 9.90 Å². The number of para-hydroxylation sites is 1. The molecule has 1 atom stereocenters. The van der Waals surface area contributed by atoms with Gasteiger partial charge in [-0.15, -0.1) is 0 Å². The molecule has 2 N–H and O–H groups in total. The van der Waals surface area contributed by atoms with Gasteiger partial charge < -0.3 is 10.4 Å². The summed E-state index contributed by atoms with van der Waals surface area (Å²) in [5.41, 5.74) is 3.26. The second-order valence-electron chi connectivity index (χ2n) is 7.07. The minimum Gasteiger partial charge on any atom is -0.508 e. The summed E-state index contributed by atoms with van der Waals surface area (Å²) in [5.74, 6) is 0.0174. The molecule has 1 unspecified atom stereocenters. The van der Waals surface area contributed by atoms with Crippen LogP contribution in [0.1, 0.15) is 42.0 Å². The summed E-state index contributed by atoms with van der Waals surface area (Å²) >= 11 is 0. The van der Waals surface area contributed by atoms with E-state index in [-0.39, 0.29) is 11.7 Å². The number of rotatable bonds is 5. The van der Waals surface area contributed by atoms with E-state index in [1.54, 1.807) is 6.07 Å². The van der Waals surface area contributed by atoms with Crippen molar-refractivity contribution in [3.05, 3.63) is 95.1 Å². The van der Waals surface area contributed by atoms with Crippen LogP contribution >= 0.6 is 0 Å². The van der Waals surface area contributed by atoms with Gasteiger partial charge in [0, 0.05) is 16.8 Å². The maximum atomic E-state index is 13.4. The molecular formula is C24H23NO2. The number of hydrogen-bond acceptors (Lipinski definition) is 2. The fraction of sp³-hybridized carbons (Fsp3) is 0.208. The van der Waals surface area contributed by atoms with Crippen molar-refractivity contribution in [3.63, 3.8) is 0 Å². The number of phenolic OH excluding ortho intramolecular Hbond substituents is 1. The Morgan fingerprint density at radius 1 is 0.926 bits per heavy atom. The molecule has 1 aliphatic rings. The summed E-state index contributed by atoms with van der Waals surface area (Å²) < 4.78 is 0. The summed E-state index contributed by atoms with van der Waals surface area (Å²) in [5, 5.41) is 13.8. The smallest absolute Gasteiger partial charge is 0.244 e. The fourth-order valence-electron chi connectivity index (χ4n) is 4.08. The average Bonchev–Trinajstić information content (AvgIpc) is 3.00. The van der Waals surface area contributed by atoms with E-state index in [1.165, 1.54) is 0 Å². The zero-order valence-corrected chi connectivity index (χ0v) is 15.4. The van der Waals surface area contributed by atoms with E-state index in [0.29, 0.717) is 5.56 Å². The third-order valence-electron chi connectivity index (χ3n) is 5.41. The van der Waals surface area contributed by atoms with Crippen molar-refractivity contribution in [2.24, 2.45) is 0 Å². The quantitative estimate of drug-likeness (QED) is 0.673. The Morgan fingerprint density at radius 2 is 1.67 bits per heavy atom. The van der Waals surface area contributed by atoms with Gasteiger partial charge in [-0.1, -0.05) is 74.0 Å². The first-order valence-electron chi connectivity index (χ1n) is 9.46. The van der Waals surface area contributed by atoms with Crippen LogP contribution in [-0.4, -0.2) is 11.0 Å². The number of fused-ring (bicyclic) bond motifs is 1. The van der Waals surface area contributed by atoms with Crippen LogP contribution in [0.25, 0.3) is 0 Å². The van der Waals surface area contributed by atoms with Gasteiger partial charge in [0.1, 0.15) is 11.2 Å². The number of anilines is 1. The lowest BCUT2D eigenvalue weighted by atomic mass is 9.69. The van der Waals surface area contributed by atoms with Crippen LogP contribution in [0.5, 0.6) is 5.75 Å². The summed E-state index contributed by atoms with van der Waals surface area (Å²) in [6.07, 6.45) is 3.10. The SMILES string of the molecule is CCCCc1ccc(O)c(C2(c3ccccc3)C(=O)Nc3ccccc32)c1. The normalized spacial score (nSPS) is 18.2. The van der Waals surface area contributed by atoms with Crippen LogP contribution in [-0.2, 0) is 16.6 Å². The Hall–Kier alpha value is -3.07. The first-order chi connectivity index (χ1) is 13.2. The van der Waals surface area contributed by atoms with E-state index in [1.807, 2.05) is 66.7 Å². The summed E-state index contributed by atoms with van der Waals surface area (Å²) in [4.78, 5) is 13.4. The minimum absolute atomic E-state index is 0.127. The third-order valence-corrected chi connectivity index (χ3v) is 5.41.